The summed E-state index contributed by atoms with van der Waals surface area (Å²) in [5, 5.41) is 28.1. The van der Waals surface area contributed by atoms with E-state index in [4.69, 9.17) is 18.9 Å². The van der Waals surface area contributed by atoms with E-state index in [1.807, 2.05) is 92.7 Å². The van der Waals surface area contributed by atoms with Gasteiger partial charge in [-0.15, -0.1) is 0 Å². The fourth-order valence-electron chi connectivity index (χ4n) is 8.77. The van der Waals surface area contributed by atoms with Crippen LogP contribution in [0, 0.1) is 19.8 Å². The molecule has 3 fully saturated rings. The Balaban J connectivity index is 0.785. The summed E-state index contributed by atoms with van der Waals surface area (Å²) in [6.45, 7) is 8.10. The third-order valence-electron chi connectivity index (χ3n) is 12.1. The maximum absolute atomic E-state index is 13.2. The number of hydrogen-bond acceptors (Lipinski definition) is 11. The number of ether oxygens (including phenoxy) is 4. The molecular formula is C51H54N4O9. The second kappa shape index (κ2) is 20.2. The molecule has 3 atom stereocenters. The normalized spacial score (nSPS) is 17.6. The first-order valence-electron chi connectivity index (χ1n) is 21.8. The molecule has 4 heterocycles. The molecule has 5 N–H and O–H groups in total. The molecule has 332 valence electrons. The average molecular weight is 867 g/mol. The van der Waals surface area contributed by atoms with Gasteiger partial charge in [-0.1, -0.05) is 72.8 Å². The number of esters is 1. The number of piperidine rings is 3. The summed E-state index contributed by atoms with van der Waals surface area (Å²) in [6, 6.07) is 34.2. The van der Waals surface area contributed by atoms with Crippen LogP contribution in [0.5, 0.6) is 17.2 Å². The molecule has 5 aromatic carbocycles. The molecule has 0 spiro atoms. The number of hydrogen-bond donors (Lipinski definition) is 5. The Bertz CT molecular complexity index is 2600. The lowest BCUT2D eigenvalue weighted by atomic mass is 9.86. The Kier molecular flexibility index (Phi) is 13.9. The summed E-state index contributed by atoms with van der Waals surface area (Å²) >= 11 is 0. The lowest BCUT2D eigenvalue weighted by Gasteiger charge is -2.43. The summed E-state index contributed by atoms with van der Waals surface area (Å²) in [4.78, 5) is 42.9. The van der Waals surface area contributed by atoms with Gasteiger partial charge in [-0.3, -0.25) is 9.69 Å². The minimum absolute atomic E-state index is 0.0561. The van der Waals surface area contributed by atoms with Crippen molar-refractivity contribution >= 4 is 23.0 Å². The average Bonchev–Trinajstić information content (AvgIpc) is 3.30. The van der Waals surface area contributed by atoms with E-state index < -0.39 is 24.2 Å². The van der Waals surface area contributed by atoms with Crippen molar-refractivity contribution in [1.29, 1.82) is 0 Å². The zero-order valence-corrected chi connectivity index (χ0v) is 36.0. The molecule has 2 bridgehead atoms. The van der Waals surface area contributed by atoms with Crippen LogP contribution < -0.4 is 25.7 Å². The molecule has 3 aliphatic heterocycles. The van der Waals surface area contributed by atoms with Crippen molar-refractivity contribution in [2.45, 2.75) is 58.1 Å². The Morgan fingerprint density at radius 2 is 1.58 bits per heavy atom. The Morgan fingerprint density at radius 3 is 2.31 bits per heavy atom. The third-order valence-corrected chi connectivity index (χ3v) is 12.1. The van der Waals surface area contributed by atoms with Gasteiger partial charge in [0.05, 0.1) is 23.2 Å². The first kappa shape index (κ1) is 44.0. The van der Waals surface area contributed by atoms with Crippen molar-refractivity contribution in [2.75, 3.05) is 39.4 Å². The molecule has 6 aromatic rings. The van der Waals surface area contributed by atoms with Crippen LogP contribution in [0.1, 0.15) is 74.3 Å². The number of nitrogens with zero attached hydrogens (tertiary/aromatic N) is 1. The molecule has 0 aliphatic carbocycles. The molecule has 0 saturated carbocycles. The lowest BCUT2D eigenvalue weighted by Crippen LogP contribution is -2.52. The second-order valence-electron chi connectivity index (χ2n) is 16.6. The van der Waals surface area contributed by atoms with Crippen molar-refractivity contribution in [2.24, 2.45) is 5.92 Å². The van der Waals surface area contributed by atoms with Crippen molar-refractivity contribution < 1.29 is 38.7 Å². The SMILES string of the molecule is Cc1cc(CNCC(O)c2ccc(O)c3[nH]c(=O)ccc23)cc(C)c1OCCOC(=O)c1ccc(COc2cccc(C(NC(=O)O[C@H]3CN4CCC3CC4)c3ccccc3)c2)cc1. The number of aliphatic hydroxyl groups excluding tert-OH is 1. The number of aromatic hydroxyl groups is 1. The molecule has 13 heteroatoms. The van der Waals surface area contributed by atoms with Gasteiger partial charge < -0.3 is 44.8 Å². The number of carbonyl (C=O) groups is 2. The maximum atomic E-state index is 13.2. The highest BCUT2D eigenvalue weighted by Crippen LogP contribution is 2.32. The van der Waals surface area contributed by atoms with Crippen LogP contribution in [-0.2, 0) is 22.6 Å². The van der Waals surface area contributed by atoms with Gasteiger partial charge in [0.15, 0.2) is 0 Å². The van der Waals surface area contributed by atoms with Gasteiger partial charge in [-0.05, 0) is 121 Å². The molecule has 3 aliphatic rings. The summed E-state index contributed by atoms with van der Waals surface area (Å²) in [7, 11) is 0. The van der Waals surface area contributed by atoms with Crippen LogP contribution in [0.4, 0.5) is 4.79 Å². The number of aryl methyl sites for hydroxylation is 2. The highest BCUT2D eigenvalue weighted by molar-refractivity contribution is 5.89. The Morgan fingerprint density at radius 1 is 0.828 bits per heavy atom. The zero-order valence-electron chi connectivity index (χ0n) is 36.0. The predicted molar refractivity (Wildman–Crippen MR) is 243 cm³/mol. The van der Waals surface area contributed by atoms with E-state index in [0.29, 0.717) is 46.0 Å². The molecule has 3 saturated heterocycles. The van der Waals surface area contributed by atoms with Crippen molar-refractivity contribution in [3.8, 4) is 17.2 Å². The number of benzene rings is 5. The van der Waals surface area contributed by atoms with Crippen LogP contribution in [0.15, 0.2) is 120 Å². The number of alkyl carbamates (subject to hydrolysis) is 1. The summed E-state index contributed by atoms with van der Waals surface area (Å²) in [5.41, 5.74) is 6.49. The summed E-state index contributed by atoms with van der Waals surface area (Å²) in [6.07, 6.45) is 0.735. The van der Waals surface area contributed by atoms with Gasteiger partial charge in [-0.2, -0.15) is 0 Å². The van der Waals surface area contributed by atoms with Gasteiger partial charge >= 0.3 is 12.1 Å². The zero-order chi connectivity index (χ0) is 44.6. The van der Waals surface area contributed by atoms with Gasteiger partial charge in [0.25, 0.3) is 0 Å². The fraction of sp³-hybridized carbons (Fsp3) is 0.314. The van der Waals surface area contributed by atoms with Gasteiger partial charge in [0.2, 0.25) is 5.56 Å². The molecule has 0 radical (unpaired) electrons. The quantitative estimate of drug-likeness (QED) is 0.0457. The van der Waals surface area contributed by atoms with Crippen LogP contribution in [-0.4, -0.2) is 77.7 Å². The number of phenols is 1. The topological polar surface area (TPSA) is 172 Å². The van der Waals surface area contributed by atoms with E-state index in [0.717, 1.165) is 65.9 Å². The largest absolute Gasteiger partial charge is 0.506 e. The third kappa shape index (κ3) is 10.7. The van der Waals surface area contributed by atoms with Gasteiger partial charge in [-0.25, -0.2) is 9.59 Å². The highest BCUT2D eigenvalue weighted by atomic mass is 16.6. The minimum atomic E-state index is -0.870. The summed E-state index contributed by atoms with van der Waals surface area (Å²) < 4.78 is 23.7. The molecule has 13 nitrogen and oxygen atoms in total. The minimum Gasteiger partial charge on any atom is -0.506 e. The number of aliphatic hydroxyl groups is 1. The molecule has 64 heavy (non-hydrogen) atoms. The highest BCUT2D eigenvalue weighted by Gasteiger charge is 2.37. The van der Waals surface area contributed by atoms with E-state index in [9.17, 15) is 24.6 Å². The number of aromatic nitrogens is 1. The van der Waals surface area contributed by atoms with Gasteiger partial charge in [0.1, 0.15) is 43.2 Å². The number of carbonyl (C=O) groups excluding carboxylic acids is 2. The van der Waals surface area contributed by atoms with E-state index in [2.05, 4.69) is 20.5 Å². The number of aromatic amines is 1. The first-order valence-corrected chi connectivity index (χ1v) is 21.8. The molecule has 1 aromatic heterocycles. The monoisotopic (exact) mass is 866 g/mol. The number of nitrogens with one attached hydrogen (secondary N) is 3. The number of H-pyrrole nitrogens is 1. The van der Waals surface area contributed by atoms with E-state index in [-0.39, 0.29) is 43.8 Å². The van der Waals surface area contributed by atoms with E-state index in [1.165, 1.54) is 12.1 Å². The lowest BCUT2D eigenvalue weighted by molar-refractivity contribution is -0.0336. The van der Waals surface area contributed by atoms with Crippen LogP contribution >= 0.6 is 0 Å². The second-order valence-corrected chi connectivity index (χ2v) is 16.6. The van der Waals surface area contributed by atoms with Crippen LogP contribution in [0.2, 0.25) is 0 Å². The Hall–Kier alpha value is -6.67. The van der Waals surface area contributed by atoms with Crippen molar-refractivity contribution in [3.63, 3.8) is 0 Å². The number of phenolic OH excluding ortho intramolecular Hbond substituents is 1. The van der Waals surface area contributed by atoms with Crippen LogP contribution in [0.3, 0.4) is 0 Å². The molecular weight excluding hydrogens is 813 g/mol. The van der Waals surface area contributed by atoms with Gasteiger partial charge in [0, 0.05) is 31.1 Å². The standard InChI is InChI=1S/C51H54N4O9/c1-32-25-35(28-52-29-44(57)41-15-17-43(56)48-42(41)16-18-46(58)53-48)26-33(2)49(32)61-23-24-62-50(59)38-13-11-34(12-14-38)31-63-40-10-6-9-39(27-40)47(37-7-4-3-5-8-37)54-51(60)64-45-30-55-21-19-36(45)20-22-55/h3-18,25-27,36,44-45,47,52,56-57H,19-24,28-31H2,1-2H3,(H,53,58)(H,54,60)/t44?,45-,47?/m0/s1. The first-order chi connectivity index (χ1) is 31.1. The maximum Gasteiger partial charge on any atom is 0.408 e. The fourth-order valence-corrected chi connectivity index (χ4v) is 8.77. The van der Waals surface area contributed by atoms with E-state index in [1.54, 1.807) is 24.3 Å². The molecule has 2 unspecified atom stereocenters. The Labute approximate surface area is 372 Å². The predicted octanol–water partition coefficient (Wildman–Crippen LogP) is 7.40. The molecule has 1 amide bonds. The number of amides is 1. The van der Waals surface area contributed by atoms with Crippen molar-refractivity contribution in [3.05, 3.63) is 170 Å². The summed E-state index contributed by atoms with van der Waals surface area (Å²) in [5.74, 6) is 1.26. The smallest absolute Gasteiger partial charge is 0.408 e. The number of rotatable bonds is 17. The number of pyridine rings is 1. The number of fused-ring (bicyclic) bond motifs is 4. The van der Waals surface area contributed by atoms with Crippen molar-refractivity contribution in [1.82, 2.24) is 20.5 Å². The van der Waals surface area contributed by atoms with E-state index >= 15 is 0 Å². The van der Waals surface area contributed by atoms with Crippen LogP contribution in [0.25, 0.3) is 10.9 Å². The molecule has 9 rings (SSSR count).